The van der Waals surface area contributed by atoms with Gasteiger partial charge < -0.3 is 20.4 Å². The number of thiazole rings is 1. The van der Waals surface area contributed by atoms with Crippen LogP contribution in [0.2, 0.25) is 0 Å². The number of pyridine rings is 1. The van der Waals surface area contributed by atoms with Gasteiger partial charge in [-0.2, -0.15) is 0 Å². The van der Waals surface area contributed by atoms with Gasteiger partial charge in [0, 0.05) is 44.1 Å². The summed E-state index contributed by atoms with van der Waals surface area (Å²) in [5, 5.41) is 11.5. The highest BCUT2D eigenvalue weighted by molar-refractivity contribution is 7.09. The number of nitrogens with zero attached hydrogens (tertiary/aromatic N) is 4. The average Bonchev–Trinajstić information content (AvgIpc) is 3.67. The Hall–Kier alpha value is -4.42. The zero-order valence-corrected chi connectivity index (χ0v) is 26.6. The van der Waals surface area contributed by atoms with Crippen molar-refractivity contribution in [2.45, 2.75) is 58.7 Å². The van der Waals surface area contributed by atoms with Crippen LogP contribution in [-0.2, 0) is 17.8 Å². The molecule has 3 amide bonds. The van der Waals surface area contributed by atoms with Crippen molar-refractivity contribution in [3.05, 3.63) is 99.4 Å². The van der Waals surface area contributed by atoms with E-state index in [1.54, 1.807) is 18.5 Å². The van der Waals surface area contributed by atoms with Crippen LogP contribution in [0.25, 0.3) is 0 Å². The molecule has 3 N–H and O–H groups in total. The van der Waals surface area contributed by atoms with E-state index >= 15 is 0 Å². The lowest BCUT2D eigenvalue weighted by Crippen LogP contribution is -2.36. The molecule has 12 heteroatoms. The summed E-state index contributed by atoms with van der Waals surface area (Å²) in [7, 11) is 0. The van der Waals surface area contributed by atoms with Gasteiger partial charge in [0.15, 0.2) is 5.69 Å². The number of aryl methyl sites for hydroxylation is 1. The maximum Gasteiger partial charge on any atom is 0.274 e. The number of carbonyl (C=O) groups excluding carboxylic acids is 3. The van der Waals surface area contributed by atoms with E-state index < -0.39 is 18.0 Å². The molecule has 4 heterocycles. The molecule has 0 saturated heterocycles. The molecule has 4 aromatic rings. The van der Waals surface area contributed by atoms with E-state index in [0.717, 1.165) is 11.3 Å². The third-order valence-corrected chi connectivity index (χ3v) is 8.55. The summed E-state index contributed by atoms with van der Waals surface area (Å²) in [5.74, 6) is -0.209. The summed E-state index contributed by atoms with van der Waals surface area (Å²) in [5.41, 5.74) is 2.37. The second-order valence-electron chi connectivity index (χ2n) is 11.5. The minimum Gasteiger partial charge on any atom is -0.443 e. The SMILES string of the molecule is Cc1oc2nc1C(=O)N[C@@H](C(C)C)c1nc(cs1)C(=O)NCCN(Cc1ccccn1)CCCC(=O)N[C@H]2Cc1ccccc1. The van der Waals surface area contributed by atoms with Crippen molar-refractivity contribution in [2.75, 3.05) is 19.6 Å². The Morgan fingerprint density at radius 3 is 2.56 bits per heavy atom. The Balaban J connectivity index is 1.43. The van der Waals surface area contributed by atoms with Crippen molar-refractivity contribution in [2.24, 2.45) is 5.92 Å². The zero-order valence-electron chi connectivity index (χ0n) is 25.8. The first-order valence-electron chi connectivity index (χ1n) is 15.2. The number of fused-ring (bicyclic) bond motifs is 4. The van der Waals surface area contributed by atoms with Gasteiger partial charge in [-0.05, 0) is 43.5 Å². The monoisotopic (exact) mass is 629 g/mol. The van der Waals surface area contributed by atoms with Crippen LogP contribution >= 0.6 is 11.3 Å². The topological polar surface area (TPSA) is 142 Å². The first-order valence-corrected chi connectivity index (χ1v) is 16.1. The summed E-state index contributed by atoms with van der Waals surface area (Å²) in [4.78, 5) is 55.6. The molecule has 11 nitrogen and oxygen atoms in total. The third-order valence-electron chi connectivity index (χ3n) is 7.62. The standard InChI is InChI=1S/C33H39N7O4S/c1-21(2)28-33-37-26(20-45-33)30(42)35-15-17-40(19-24-12-7-8-14-34-24)16-9-13-27(41)36-25(18-23-10-5-4-6-11-23)32-39-29(22(3)44-32)31(43)38-28/h4-8,10-12,14,20-21,25,28H,9,13,15-19H2,1-3H3,(H,35,42)(H,36,41)(H,38,43)/t25-,28-/m0/s1. The van der Waals surface area contributed by atoms with Crippen LogP contribution in [0.5, 0.6) is 0 Å². The van der Waals surface area contributed by atoms with Crippen LogP contribution in [0.15, 0.2) is 64.5 Å². The molecule has 5 rings (SSSR count). The quantitative estimate of drug-likeness (QED) is 0.295. The fraction of sp³-hybridized carbons (Fsp3) is 0.394. The number of hydrogen-bond acceptors (Lipinski definition) is 9. The molecule has 4 bridgehead atoms. The Bertz CT molecular complexity index is 1590. The van der Waals surface area contributed by atoms with Crippen LogP contribution in [-0.4, -0.2) is 57.2 Å². The molecule has 1 aliphatic rings. The minimum absolute atomic E-state index is 0.00850. The lowest BCUT2D eigenvalue weighted by molar-refractivity contribution is -0.122. The van der Waals surface area contributed by atoms with Gasteiger partial charge in [-0.1, -0.05) is 50.2 Å². The fourth-order valence-electron chi connectivity index (χ4n) is 5.22. The first kappa shape index (κ1) is 32.0. The predicted octanol–water partition coefficient (Wildman–Crippen LogP) is 4.39. The van der Waals surface area contributed by atoms with E-state index in [2.05, 4.69) is 35.8 Å². The Kier molecular flexibility index (Phi) is 10.7. The predicted molar refractivity (Wildman–Crippen MR) is 171 cm³/mol. The van der Waals surface area contributed by atoms with E-state index in [9.17, 15) is 14.4 Å². The molecule has 2 atom stereocenters. The van der Waals surface area contributed by atoms with Gasteiger partial charge in [0.1, 0.15) is 22.5 Å². The smallest absolute Gasteiger partial charge is 0.274 e. The van der Waals surface area contributed by atoms with Gasteiger partial charge in [0.2, 0.25) is 11.8 Å². The number of oxazole rings is 1. The van der Waals surface area contributed by atoms with E-state index in [0.29, 0.717) is 55.5 Å². The van der Waals surface area contributed by atoms with Crippen molar-refractivity contribution in [1.82, 2.24) is 35.8 Å². The second-order valence-corrected chi connectivity index (χ2v) is 12.4. The minimum atomic E-state index is -0.562. The van der Waals surface area contributed by atoms with E-state index in [1.165, 1.54) is 11.3 Å². The summed E-state index contributed by atoms with van der Waals surface area (Å²) in [6.07, 6.45) is 3.08. The van der Waals surface area contributed by atoms with Crippen molar-refractivity contribution < 1.29 is 18.8 Å². The molecule has 1 aromatic carbocycles. The number of hydrogen-bond donors (Lipinski definition) is 3. The third kappa shape index (κ3) is 8.61. The average molecular weight is 630 g/mol. The van der Waals surface area contributed by atoms with Gasteiger partial charge >= 0.3 is 0 Å². The van der Waals surface area contributed by atoms with Crippen molar-refractivity contribution in [3.8, 4) is 0 Å². The molecule has 0 fully saturated rings. The van der Waals surface area contributed by atoms with E-state index in [1.807, 2.05) is 62.4 Å². The molecule has 0 radical (unpaired) electrons. The number of nitrogens with one attached hydrogen (secondary N) is 3. The Morgan fingerprint density at radius 1 is 1.00 bits per heavy atom. The van der Waals surface area contributed by atoms with Crippen molar-refractivity contribution >= 4 is 29.1 Å². The Labute approximate surface area is 266 Å². The zero-order chi connectivity index (χ0) is 31.8. The number of benzene rings is 1. The molecule has 0 unspecified atom stereocenters. The molecular weight excluding hydrogens is 590 g/mol. The molecular formula is C33H39N7O4S. The summed E-state index contributed by atoms with van der Waals surface area (Å²) < 4.78 is 6.02. The molecule has 45 heavy (non-hydrogen) atoms. The fourth-order valence-corrected chi connectivity index (χ4v) is 6.24. The highest BCUT2D eigenvalue weighted by atomic mass is 32.1. The maximum atomic E-state index is 13.5. The summed E-state index contributed by atoms with van der Waals surface area (Å²) in [6, 6.07) is 14.6. The van der Waals surface area contributed by atoms with Crippen LogP contribution in [0.4, 0.5) is 0 Å². The lowest BCUT2D eigenvalue weighted by atomic mass is 10.0. The largest absolute Gasteiger partial charge is 0.443 e. The highest BCUT2D eigenvalue weighted by Gasteiger charge is 2.29. The van der Waals surface area contributed by atoms with Crippen LogP contribution in [0, 0.1) is 12.8 Å². The van der Waals surface area contributed by atoms with Gasteiger partial charge in [-0.15, -0.1) is 11.3 Å². The lowest BCUT2D eigenvalue weighted by Gasteiger charge is -2.22. The second kappa shape index (κ2) is 15.0. The van der Waals surface area contributed by atoms with Crippen LogP contribution in [0.1, 0.15) is 87.7 Å². The van der Waals surface area contributed by atoms with Crippen molar-refractivity contribution in [3.63, 3.8) is 0 Å². The van der Waals surface area contributed by atoms with E-state index in [4.69, 9.17) is 4.42 Å². The number of aromatic nitrogens is 3. The molecule has 0 aliphatic carbocycles. The normalized spacial score (nSPS) is 19.1. The number of amides is 3. The highest BCUT2D eigenvalue weighted by Crippen LogP contribution is 2.27. The van der Waals surface area contributed by atoms with Gasteiger partial charge in [0.25, 0.3) is 11.8 Å². The number of carbonyl (C=O) groups is 3. The van der Waals surface area contributed by atoms with Gasteiger partial charge in [0.05, 0.1) is 11.7 Å². The molecule has 1 aliphatic heterocycles. The Morgan fingerprint density at radius 2 is 1.80 bits per heavy atom. The summed E-state index contributed by atoms with van der Waals surface area (Å²) in [6.45, 7) is 7.83. The van der Waals surface area contributed by atoms with Crippen molar-refractivity contribution in [1.29, 1.82) is 0 Å². The first-order chi connectivity index (χ1) is 21.8. The van der Waals surface area contributed by atoms with Crippen LogP contribution < -0.4 is 16.0 Å². The van der Waals surface area contributed by atoms with Crippen LogP contribution in [0.3, 0.4) is 0 Å². The number of rotatable bonds is 5. The maximum absolute atomic E-state index is 13.5. The molecule has 0 spiro atoms. The molecule has 3 aromatic heterocycles. The van der Waals surface area contributed by atoms with E-state index in [-0.39, 0.29) is 35.7 Å². The molecule has 236 valence electrons. The molecule has 0 saturated carbocycles. The summed E-state index contributed by atoms with van der Waals surface area (Å²) >= 11 is 1.33. The van der Waals surface area contributed by atoms with Gasteiger partial charge in [-0.3, -0.25) is 24.3 Å². The van der Waals surface area contributed by atoms with Gasteiger partial charge in [-0.25, -0.2) is 9.97 Å².